The molecule has 1 aromatic rings. The van der Waals surface area contributed by atoms with Crippen LogP contribution in [0.3, 0.4) is 0 Å². The molecule has 2 N–H and O–H groups in total. The quantitative estimate of drug-likeness (QED) is 0.736. The molecule has 0 bridgehead atoms. The molecule has 100 valence electrons. The number of rotatable bonds is 8. The van der Waals surface area contributed by atoms with Crippen LogP contribution in [0.25, 0.3) is 0 Å². The van der Waals surface area contributed by atoms with Gasteiger partial charge in [0.05, 0.1) is 19.0 Å². The maximum absolute atomic E-state index is 11.0. The molecule has 1 unspecified atom stereocenters. The van der Waals surface area contributed by atoms with Crippen molar-refractivity contribution in [1.29, 1.82) is 0 Å². The van der Waals surface area contributed by atoms with Gasteiger partial charge in [-0.3, -0.25) is 4.98 Å². The predicted molar refractivity (Wildman–Crippen MR) is 67.8 cm³/mol. The van der Waals surface area contributed by atoms with Crippen LogP contribution in [0, 0.1) is 0 Å². The highest BCUT2D eigenvalue weighted by Crippen LogP contribution is 2.12. The van der Waals surface area contributed by atoms with Gasteiger partial charge < -0.3 is 15.2 Å². The molecule has 0 radical (unpaired) electrons. The summed E-state index contributed by atoms with van der Waals surface area (Å²) in [6, 6.07) is -0.647. The van der Waals surface area contributed by atoms with E-state index < -0.39 is 12.0 Å². The molecule has 0 aromatic carbocycles. The normalized spacial score (nSPS) is 11.9. The number of nitrogens with one attached hydrogen (secondary N) is 1. The van der Waals surface area contributed by atoms with E-state index in [2.05, 4.69) is 15.3 Å². The third kappa shape index (κ3) is 4.57. The fourth-order valence-electron chi connectivity index (χ4n) is 1.42. The van der Waals surface area contributed by atoms with Crippen LogP contribution >= 0.6 is 0 Å². The Balaban J connectivity index is 2.67. The van der Waals surface area contributed by atoms with Crippen LogP contribution < -0.4 is 10.1 Å². The van der Waals surface area contributed by atoms with Gasteiger partial charge in [-0.05, 0) is 12.8 Å². The van der Waals surface area contributed by atoms with E-state index in [1.54, 1.807) is 0 Å². The molecule has 1 rings (SSSR count). The average Bonchev–Trinajstić information content (AvgIpc) is 2.36. The maximum Gasteiger partial charge on any atom is 0.326 e. The molecule has 1 atom stereocenters. The largest absolute Gasteiger partial charge is 0.480 e. The van der Waals surface area contributed by atoms with E-state index in [0.717, 1.165) is 12.8 Å². The van der Waals surface area contributed by atoms with E-state index >= 15 is 0 Å². The molecule has 6 heteroatoms. The Morgan fingerprint density at radius 3 is 2.83 bits per heavy atom. The Bertz CT molecular complexity index is 385. The van der Waals surface area contributed by atoms with Gasteiger partial charge in [-0.2, -0.15) is 4.98 Å². The van der Waals surface area contributed by atoms with Gasteiger partial charge in [-0.15, -0.1) is 0 Å². The van der Waals surface area contributed by atoms with E-state index in [0.29, 0.717) is 24.7 Å². The Morgan fingerprint density at radius 2 is 2.22 bits per heavy atom. The highest BCUT2D eigenvalue weighted by Gasteiger charge is 2.16. The minimum absolute atomic E-state index is 0.405. The standard InChI is InChI=1S/C12H19N3O3/c1-3-5-9(12(16)17)14-10-7-13-8-11(15-10)18-6-4-2/h7-9H,3-6H2,1-2H3,(H,14,15)(H,16,17). The molecule has 1 heterocycles. The molecule has 0 spiro atoms. The fraction of sp³-hybridized carbons (Fsp3) is 0.583. The molecule has 0 aliphatic heterocycles. The van der Waals surface area contributed by atoms with Crippen molar-refractivity contribution in [2.75, 3.05) is 11.9 Å². The minimum atomic E-state index is -0.890. The van der Waals surface area contributed by atoms with Crippen LogP contribution in [0.2, 0.25) is 0 Å². The molecule has 0 aliphatic rings. The average molecular weight is 253 g/mol. The molecule has 6 nitrogen and oxygen atoms in total. The Labute approximate surface area is 106 Å². The monoisotopic (exact) mass is 253 g/mol. The van der Waals surface area contributed by atoms with Gasteiger partial charge in [0.25, 0.3) is 0 Å². The maximum atomic E-state index is 11.0. The van der Waals surface area contributed by atoms with Gasteiger partial charge in [0.1, 0.15) is 11.9 Å². The molecular weight excluding hydrogens is 234 g/mol. The number of ether oxygens (including phenoxy) is 1. The van der Waals surface area contributed by atoms with Gasteiger partial charge >= 0.3 is 5.97 Å². The molecule has 18 heavy (non-hydrogen) atoms. The zero-order valence-corrected chi connectivity index (χ0v) is 10.7. The number of nitrogens with zero attached hydrogens (tertiary/aromatic N) is 2. The first-order valence-electron chi connectivity index (χ1n) is 6.11. The predicted octanol–water partition coefficient (Wildman–Crippen LogP) is 1.93. The van der Waals surface area contributed by atoms with Crippen LogP contribution in [0.5, 0.6) is 5.88 Å². The van der Waals surface area contributed by atoms with Gasteiger partial charge in [0.15, 0.2) is 0 Å². The third-order valence-electron chi connectivity index (χ3n) is 2.26. The van der Waals surface area contributed by atoms with Crippen molar-refractivity contribution in [2.24, 2.45) is 0 Å². The van der Waals surface area contributed by atoms with Crippen LogP contribution in [0.1, 0.15) is 33.1 Å². The number of carboxylic acids is 1. The smallest absolute Gasteiger partial charge is 0.326 e. The Kier molecular flexibility index (Phi) is 5.90. The first-order chi connectivity index (χ1) is 8.67. The number of hydrogen-bond donors (Lipinski definition) is 2. The summed E-state index contributed by atoms with van der Waals surface area (Å²) in [6.07, 6.45) is 5.20. The molecule has 1 aromatic heterocycles. The summed E-state index contributed by atoms with van der Waals surface area (Å²) >= 11 is 0. The summed E-state index contributed by atoms with van der Waals surface area (Å²) in [5.74, 6) is -0.0644. The van der Waals surface area contributed by atoms with Crippen molar-refractivity contribution in [1.82, 2.24) is 9.97 Å². The molecular formula is C12H19N3O3. The highest BCUT2D eigenvalue weighted by atomic mass is 16.5. The van der Waals surface area contributed by atoms with E-state index in [9.17, 15) is 4.79 Å². The fourth-order valence-corrected chi connectivity index (χ4v) is 1.42. The molecule has 0 saturated carbocycles. The third-order valence-corrected chi connectivity index (χ3v) is 2.26. The van der Waals surface area contributed by atoms with Crippen molar-refractivity contribution >= 4 is 11.8 Å². The van der Waals surface area contributed by atoms with Gasteiger partial charge in [-0.25, -0.2) is 4.79 Å². The van der Waals surface area contributed by atoms with Crippen LogP contribution in [0.4, 0.5) is 5.82 Å². The van der Waals surface area contributed by atoms with E-state index in [1.807, 2.05) is 13.8 Å². The van der Waals surface area contributed by atoms with Crippen LogP contribution in [0.15, 0.2) is 12.4 Å². The van der Waals surface area contributed by atoms with Crippen molar-refractivity contribution in [3.05, 3.63) is 12.4 Å². The van der Waals surface area contributed by atoms with Crippen molar-refractivity contribution < 1.29 is 14.6 Å². The number of carbonyl (C=O) groups is 1. The second kappa shape index (κ2) is 7.47. The molecule has 0 saturated heterocycles. The summed E-state index contributed by atoms with van der Waals surface area (Å²) in [5, 5.41) is 11.9. The van der Waals surface area contributed by atoms with E-state index in [-0.39, 0.29) is 0 Å². The van der Waals surface area contributed by atoms with E-state index in [1.165, 1.54) is 12.4 Å². The summed E-state index contributed by atoms with van der Waals surface area (Å²) in [5.41, 5.74) is 0. The summed E-state index contributed by atoms with van der Waals surface area (Å²) in [4.78, 5) is 19.1. The first-order valence-corrected chi connectivity index (χ1v) is 6.11. The SMILES string of the molecule is CCCOc1cncc(NC(CCC)C(=O)O)n1. The lowest BCUT2D eigenvalue weighted by molar-refractivity contribution is -0.138. The Hall–Kier alpha value is -1.85. The highest BCUT2D eigenvalue weighted by molar-refractivity contribution is 5.76. The Morgan fingerprint density at radius 1 is 1.44 bits per heavy atom. The van der Waals surface area contributed by atoms with E-state index in [4.69, 9.17) is 9.84 Å². The lowest BCUT2D eigenvalue weighted by atomic mass is 10.2. The van der Waals surface area contributed by atoms with Gasteiger partial charge in [0, 0.05) is 0 Å². The van der Waals surface area contributed by atoms with Crippen LogP contribution in [-0.2, 0) is 4.79 Å². The summed E-state index contributed by atoms with van der Waals surface area (Å²) < 4.78 is 5.34. The zero-order valence-electron chi connectivity index (χ0n) is 10.7. The molecule has 0 amide bonds. The lowest BCUT2D eigenvalue weighted by Gasteiger charge is -2.14. The molecule has 0 aliphatic carbocycles. The van der Waals surface area contributed by atoms with Gasteiger partial charge in [-0.1, -0.05) is 20.3 Å². The number of aliphatic carboxylic acids is 1. The van der Waals surface area contributed by atoms with Crippen molar-refractivity contribution in [2.45, 2.75) is 39.2 Å². The first kappa shape index (κ1) is 14.2. The van der Waals surface area contributed by atoms with Gasteiger partial charge in [0.2, 0.25) is 5.88 Å². The number of aromatic nitrogens is 2. The minimum Gasteiger partial charge on any atom is -0.480 e. The summed E-state index contributed by atoms with van der Waals surface area (Å²) in [6.45, 7) is 4.50. The van der Waals surface area contributed by atoms with Crippen LogP contribution in [-0.4, -0.2) is 33.7 Å². The lowest BCUT2D eigenvalue weighted by Crippen LogP contribution is -2.29. The molecule has 0 fully saturated rings. The summed E-state index contributed by atoms with van der Waals surface area (Å²) in [7, 11) is 0. The number of anilines is 1. The zero-order chi connectivity index (χ0) is 13.4. The number of hydrogen-bond acceptors (Lipinski definition) is 5. The second-order valence-electron chi connectivity index (χ2n) is 3.91. The second-order valence-corrected chi connectivity index (χ2v) is 3.91. The van der Waals surface area contributed by atoms with Crippen molar-refractivity contribution in [3.63, 3.8) is 0 Å². The van der Waals surface area contributed by atoms with Crippen molar-refractivity contribution in [3.8, 4) is 5.88 Å². The topological polar surface area (TPSA) is 84.3 Å². The number of carboxylic acid groups (broad SMARTS) is 1.